The lowest BCUT2D eigenvalue weighted by Gasteiger charge is -2.18. The quantitative estimate of drug-likeness (QED) is 0.566. The number of nitrogens with zero attached hydrogens (tertiary/aromatic N) is 1. The molecule has 4 nitrogen and oxygen atoms in total. The van der Waals surface area contributed by atoms with Crippen LogP contribution >= 0.6 is 11.8 Å². The highest BCUT2D eigenvalue weighted by molar-refractivity contribution is 7.99. The van der Waals surface area contributed by atoms with Crippen molar-refractivity contribution < 1.29 is 18.4 Å². The van der Waals surface area contributed by atoms with E-state index in [2.05, 4.69) is 5.32 Å². The predicted octanol–water partition coefficient (Wildman–Crippen LogP) is 5.07. The monoisotopic (exact) mass is 438 g/mol. The van der Waals surface area contributed by atoms with Gasteiger partial charge in [0.1, 0.15) is 11.6 Å². The molecule has 2 amide bonds. The first-order valence-electron chi connectivity index (χ1n) is 9.84. The Morgan fingerprint density at radius 3 is 2.52 bits per heavy atom. The standard InChI is InChI=1S/C24H20F2N2O2S/c1-28-20-13-16(8-9-22(20)31-21-7-3-2-6-19(21)24(28)30)23(29)27-10-4-5-15-11-17(25)14-18(26)12-15/h2-3,6-9,11-14H,4-5,10H2,1H3,(H,27,29). The van der Waals surface area contributed by atoms with Crippen LogP contribution in [0.3, 0.4) is 0 Å². The van der Waals surface area contributed by atoms with E-state index in [0.717, 1.165) is 15.9 Å². The number of fused-ring (bicyclic) bond motifs is 2. The molecular weight excluding hydrogens is 418 g/mol. The molecule has 0 radical (unpaired) electrons. The van der Waals surface area contributed by atoms with Gasteiger partial charge in [-0.2, -0.15) is 0 Å². The molecule has 1 aliphatic rings. The van der Waals surface area contributed by atoms with E-state index < -0.39 is 11.6 Å². The molecule has 4 rings (SSSR count). The van der Waals surface area contributed by atoms with Gasteiger partial charge in [0, 0.05) is 35.0 Å². The van der Waals surface area contributed by atoms with Gasteiger partial charge in [-0.15, -0.1) is 0 Å². The van der Waals surface area contributed by atoms with Crippen LogP contribution in [-0.4, -0.2) is 25.4 Å². The summed E-state index contributed by atoms with van der Waals surface area (Å²) in [5.74, 6) is -1.60. The Balaban J connectivity index is 1.43. The van der Waals surface area contributed by atoms with Crippen molar-refractivity contribution in [1.82, 2.24) is 5.32 Å². The van der Waals surface area contributed by atoms with Crippen LogP contribution in [0.25, 0.3) is 0 Å². The van der Waals surface area contributed by atoms with Gasteiger partial charge in [0.2, 0.25) is 0 Å². The molecule has 0 spiro atoms. The number of benzene rings is 3. The van der Waals surface area contributed by atoms with Crippen LogP contribution < -0.4 is 10.2 Å². The zero-order chi connectivity index (χ0) is 22.0. The van der Waals surface area contributed by atoms with Crippen LogP contribution in [0, 0.1) is 11.6 Å². The topological polar surface area (TPSA) is 49.4 Å². The van der Waals surface area contributed by atoms with E-state index >= 15 is 0 Å². The number of carbonyl (C=O) groups excluding carboxylic acids is 2. The van der Waals surface area contributed by atoms with Crippen LogP contribution in [0.4, 0.5) is 14.5 Å². The first-order chi connectivity index (χ1) is 14.9. The van der Waals surface area contributed by atoms with E-state index in [1.165, 1.54) is 23.9 Å². The summed E-state index contributed by atoms with van der Waals surface area (Å²) in [6, 6.07) is 16.1. The van der Waals surface area contributed by atoms with Gasteiger partial charge in [-0.05, 0) is 60.9 Å². The minimum atomic E-state index is -0.609. The Bertz CT molecular complexity index is 1150. The number of hydrogen-bond donors (Lipinski definition) is 1. The van der Waals surface area contributed by atoms with Crippen molar-refractivity contribution in [3.05, 3.63) is 89.0 Å². The third-order valence-electron chi connectivity index (χ3n) is 5.07. The first kappa shape index (κ1) is 21.1. The summed E-state index contributed by atoms with van der Waals surface area (Å²) in [5.41, 5.74) is 2.30. The Labute approximate surface area is 183 Å². The fourth-order valence-corrected chi connectivity index (χ4v) is 4.59. The summed E-state index contributed by atoms with van der Waals surface area (Å²) >= 11 is 1.50. The van der Waals surface area contributed by atoms with Crippen LogP contribution in [0.1, 0.15) is 32.7 Å². The molecule has 3 aromatic carbocycles. The van der Waals surface area contributed by atoms with Gasteiger partial charge in [-0.25, -0.2) is 8.78 Å². The Morgan fingerprint density at radius 1 is 1.00 bits per heavy atom. The number of halogens is 2. The minimum absolute atomic E-state index is 0.123. The third kappa shape index (κ3) is 4.61. The van der Waals surface area contributed by atoms with E-state index in [0.29, 0.717) is 41.8 Å². The molecule has 0 aromatic heterocycles. The number of rotatable bonds is 5. The van der Waals surface area contributed by atoms with Crippen molar-refractivity contribution in [2.45, 2.75) is 22.6 Å². The number of amides is 2. The molecule has 1 aliphatic heterocycles. The number of hydrogen-bond acceptors (Lipinski definition) is 3. The van der Waals surface area contributed by atoms with Gasteiger partial charge < -0.3 is 10.2 Å². The zero-order valence-electron chi connectivity index (χ0n) is 16.8. The maximum atomic E-state index is 13.3. The second-order valence-corrected chi connectivity index (χ2v) is 8.37. The second-order valence-electron chi connectivity index (χ2n) is 7.28. The van der Waals surface area contributed by atoms with Crippen molar-refractivity contribution in [3.8, 4) is 0 Å². The van der Waals surface area contributed by atoms with Crippen LogP contribution in [0.2, 0.25) is 0 Å². The highest BCUT2D eigenvalue weighted by Gasteiger charge is 2.25. The van der Waals surface area contributed by atoms with Gasteiger partial charge >= 0.3 is 0 Å². The second kappa shape index (κ2) is 8.89. The summed E-state index contributed by atoms with van der Waals surface area (Å²) < 4.78 is 26.5. The number of nitrogens with one attached hydrogen (secondary N) is 1. The molecule has 0 atom stereocenters. The molecule has 1 heterocycles. The summed E-state index contributed by atoms with van der Waals surface area (Å²) in [5, 5.41) is 2.83. The molecule has 1 N–H and O–H groups in total. The third-order valence-corrected chi connectivity index (χ3v) is 6.22. The van der Waals surface area contributed by atoms with E-state index in [4.69, 9.17) is 0 Å². The fraction of sp³-hybridized carbons (Fsp3) is 0.167. The summed E-state index contributed by atoms with van der Waals surface area (Å²) in [6.45, 7) is 0.364. The molecule has 0 bridgehead atoms. The summed E-state index contributed by atoms with van der Waals surface area (Å²) in [4.78, 5) is 28.8. The lowest BCUT2D eigenvalue weighted by atomic mass is 10.1. The summed E-state index contributed by atoms with van der Waals surface area (Å²) in [6.07, 6.45) is 0.994. The van der Waals surface area contributed by atoms with E-state index in [-0.39, 0.29) is 11.8 Å². The molecule has 0 saturated heterocycles. The molecule has 7 heteroatoms. The molecule has 0 aliphatic carbocycles. The van der Waals surface area contributed by atoms with Gasteiger partial charge in [-0.3, -0.25) is 9.59 Å². The van der Waals surface area contributed by atoms with Crippen molar-refractivity contribution in [2.75, 3.05) is 18.5 Å². The molecule has 0 saturated carbocycles. The lowest BCUT2D eigenvalue weighted by Crippen LogP contribution is -2.27. The Hall–Kier alpha value is -3.19. The predicted molar refractivity (Wildman–Crippen MR) is 117 cm³/mol. The first-order valence-corrected chi connectivity index (χ1v) is 10.7. The van der Waals surface area contributed by atoms with E-state index in [1.807, 2.05) is 24.3 Å². The molecule has 158 valence electrons. The molecule has 0 unspecified atom stereocenters. The van der Waals surface area contributed by atoms with Gasteiger partial charge in [0.25, 0.3) is 11.8 Å². The van der Waals surface area contributed by atoms with Gasteiger partial charge in [0.15, 0.2) is 0 Å². The molecule has 3 aromatic rings. The maximum absolute atomic E-state index is 13.3. The van der Waals surface area contributed by atoms with Gasteiger partial charge in [0.05, 0.1) is 11.3 Å². The number of aryl methyl sites for hydroxylation is 1. The highest BCUT2D eigenvalue weighted by atomic mass is 32.2. The lowest BCUT2D eigenvalue weighted by molar-refractivity contribution is 0.0950. The van der Waals surface area contributed by atoms with Crippen molar-refractivity contribution >= 4 is 29.3 Å². The van der Waals surface area contributed by atoms with E-state index in [9.17, 15) is 18.4 Å². The molecule has 0 fully saturated rings. The SMILES string of the molecule is CN1C(=O)c2ccccc2Sc2ccc(C(=O)NCCCc3cc(F)cc(F)c3)cc21. The van der Waals surface area contributed by atoms with Crippen molar-refractivity contribution in [2.24, 2.45) is 0 Å². The maximum Gasteiger partial charge on any atom is 0.259 e. The Kier molecular flexibility index (Phi) is 6.04. The number of carbonyl (C=O) groups is 2. The molecular formula is C24H20F2N2O2S. The average Bonchev–Trinajstić information content (AvgIpc) is 2.85. The highest BCUT2D eigenvalue weighted by Crippen LogP contribution is 2.41. The summed E-state index contributed by atoms with van der Waals surface area (Å²) in [7, 11) is 1.70. The zero-order valence-corrected chi connectivity index (χ0v) is 17.6. The number of anilines is 1. The fourth-order valence-electron chi connectivity index (χ4n) is 3.50. The smallest absolute Gasteiger partial charge is 0.259 e. The average molecular weight is 438 g/mol. The molecule has 31 heavy (non-hydrogen) atoms. The van der Waals surface area contributed by atoms with Crippen molar-refractivity contribution in [1.29, 1.82) is 0 Å². The van der Waals surface area contributed by atoms with Crippen LogP contribution in [0.5, 0.6) is 0 Å². The normalized spacial score (nSPS) is 12.7. The largest absolute Gasteiger partial charge is 0.352 e. The van der Waals surface area contributed by atoms with Crippen LogP contribution in [0.15, 0.2) is 70.5 Å². The van der Waals surface area contributed by atoms with E-state index in [1.54, 1.807) is 30.1 Å². The van der Waals surface area contributed by atoms with Crippen LogP contribution in [-0.2, 0) is 6.42 Å². The van der Waals surface area contributed by atoms with Gasteiger partial charge in [-0.1, -0.05) is 23.9 Å². The van der Waals surface area contributed by atoms with Crippen molar-refractivity contribution in [3.63, 3.8) is 0 Å². The minimum Gasteiger partial charge on any atom is -0.352 e. The Morgan fingerprint density at radius 2 is 1.74 bits per heavy atom.